The van der Waals surface area contributed by atoms with E-state index in [1.54, 1.807) is 6.92 Å². The van der Waals surface area contributed by atoms with Crippen LogP contribution in [0.25, 0.3) is 5.76 Å². The van der Waals surface area contributed by atoms with Gasteiger partial charge in [0.15, 0.2) is 0 Å². The highest BCUT2D eigenvalue weighted by atomic mass is 32.2. The number of esters is 1. The number of hydrogen-bond donors (Lipinski definition) is 0. The molecule has 0 amide bonds. The number of hydrogen-bond acceptors (Lipinski definition) is 4. The number of rotatable bonds is 3. The van der Waals surface area contributed by atoms with Crippen LogP contribution in [0.5, 0.6) is 0 Å². The number of thioether (sulfide) groups is 1. The van der Waals surface area contributed by atoms with Crippen LogP contribution in [0.4, 0.5) is 0 Å². The molecular formula is C13H14O3S. The van der Waals surface area contributed by atoms with Gasteiger partial charge in [-0.2, -0.15) is 0 Å². The van der Waals surface area contributed by atoms with E-state index in [9.17, 15) is 4.79 Å². The Bertz CT molecular complexity index is 426. The molecule has 1 aliphatic rings. The molecule has 0 atom stereocenters. The quantitative estimate of drug-likeness (QED) is 0.773. The van der Waals surface area contributed by atoms with Crippen LogP contribution in [0.15, 0.2) is 35.2 Å². The van der Waals surface area contributed by atoms with E-state index in [1.807, 2.05) is 30.3 Å². The minimum absolute atomic E-state index is 0.295. The van der Waals surface area contributed by atoms with Crippen LogP contribution in [0, 0.1) is 0 Å². The van der Waals surface area contributed by atoms with E-state index in [-0.39, 0.29) is 5.97 Å². The van der Waals surface area contributed by atoms with E-state index in [0.717, 1.165) is 11.3 Å². The molecule has 1 aromatic rings. The number of ether oxygens (including phenoxy) is 2. The lowest BCUT2D eigenvalue weighted by Crippen LogP contribution is -2.14. The van der Waals surface area contributed by atoms with Gasteiger partial charge in [0.2, 0.25) is 0 Å². The normalized spacial score (nSPS) is 15.4. The highest BCUT2D eigenvalue weighted by Crippen LogP contribution is 2.32. The molecule has 1 heterocycles. The zero-order chi connectivity index (χ0) is 12.1. The lowest BCUT2D eigenvalue weighted by Gasteiger charge is -2.19. The molecule has 0 aromatic heterocycles. The molecule has 0 aliphatic carbocycles. The van der Waals surface area contributed by atoms with E-state index in [0.29, 0.717) is 23.9 Å². The van der Waals surface area contributed by atoms with E-state index in [4.69, 9.17) is 9.47 Å². The summed E-state index contributed by atoms with van der Waals surface area (Å²) in [4.78, 5) is 12.4. The maximum absolute atomic E-state index is 11.8. The van der Waals surface area contributed by atoms with Gasteiger partial charge in [0.1, 0.15) is 10.7 Å². The molecule has 0 saturated heterocycles. The summed E-state index contributed by atoms with van der Waals surface area (Å²) in [6.07, 6.45) is 0. The van der Waals surface area contributed by atoms with Gasteiger partial charge in [0, 0.05) is 11.3 Å². The molecule has 1 aliphatic heterocycles. The smallest absolute Gasteiger partial charge is 0.348 e. The highest BCUT2D eigenvalue weighted by molar-refractivity contribution is 8.04. The first-order valence-corrected chi connectivity index (χ1v) is 6.54. The Kier molecular flexibility index (Phi) is 4.09. The molecule has 0 bridgehead atoms. The van der Waals surface area contributed by atoms with Crippen molar-refractivity contribution in [3.63, 3.8) is 0 Å². The van der Waals surface area contributed by atoms with Crippen molar-refractivity contribution in [2.45, 2.75) is 6.92 Å². The van der Waals surface area contributed by atoms with E-state index in [2.05, 4.69) is 0 Å². The molecule has 17 heavy (non-hydrogen) atoms. The predicted octanol–water partition coefficient (Wildman–Crippen LogP) is 2.68. The van der Waals surface area contributed by atoms with Crippen LogP contribution in [-0.4, -0.2) is 24.9 Å². The molecule has 3 nitrogen and oxygen atoms in total. The molecule has 0 unspecified atom stereocenters. The third kappa shape index (κ3) is 2.82. The second-order valence-corrected chi connectivity index (χ2v) is 4.55. The van der Waals surface area contributed by atoms with Crippen molar-refractivity contribution in [2.24, 2.45) is 0 Å². The molecule has 4 heteroatoms. The van der Waals surface area contributed by atoms with Crippen molar-refractivity contribution < 1.29 is 14.3 Å². The first kappa shape index (κ1) is 12.0. The van der Waals surface area contributed by atoms with Crippen molar-refractivity contribution in [3.05, 3.63) is 40.8 Å². The Hall–Kier alpha value is -1.42. The maximum atomic E-state index is 11.8. The van der Waals surface area contributed by atoms with Gasteiger partial charge in [-0.05, 0) is 6.92 Å². The van der Waals surface area contributed by atoms with Gasteiger partial charge in [-0.3, -0.25) is 0 Å². The Morgan fingerprint density at radius 2 is 2.18 bits per heavy atom. The third-order valence-electron chi connectivity index (χ3n) is 2.28. The van der Waals surface area contributed by atoms with Crippen LogP contribution in [0.1, 0.15) is 12.5 Å². The Labute approximate surface area is 105 Å². The van der Waals surface area contributed by atoms with Crippen molar-refractivity contribution >= 4 is 23.5 Å². The summed E-state index contributed by atoms with van der Waals surface area (Å²) < 4.78 is 10.6. The lowest BCUT2D eigenvalue weighted by atomic mass is 10.2. The second kappa shape index (κ2) is 5.77. The van der Waals surface area contributed by atoms with Crippen LogP contribution in [-0.2, 0) is 14.3 Å². The van der Waals surface area contributed by atoms with Crippen LogP contribution in [0.2, 0.25) is 0 Å². The molecule has 2 rings (SSSR count). The fourth-order valence-corrected chi connectivity index (χ4v) is 2.43. The van der Waals surface area contributed by atoms with Crippen LogP contribution >= 0.6 is 11.8 Å². The molecule has 0 saturated carbocycles. The van der Waals surface area contributed by atoms with Crippen molar-refractivity contribution in [3.8, 4) is 0 Å². The summed E-state index contributed by atoms with van der Waals surface area (Å²) in [5.41, 5.74) is 0.919. The largest absolute Gasteiger partial charge is 0.491 e. The lowest BCUT2D eigenvalue weighted by molar-refractivity contribution is -0.137. The predicted molar refractivity (Wildman–Crippen MR) is 68.4 cm³/mol. The average Bonchev–Trinajstić information content (AvgIpc) is 2.40. The van der Waals surface area contributed by atoms with E-state index < -0.39 is 0 Å². The molecule has 0 radical (unpaired) electrons. The highest BCUT2D eigenvalue weighted by Gasteiger charge is 2.23. The van der Waals surface area contributed by atoms with Gasteiger partial charge in [-0.25, -0.2) is 4.79 Å². The zero-order valence-corrected chi connectivity index (χ0v) is 10.5. The summed E-state index contributed by atoms with van der Waals surface area (Å²) in [6.45, 7) is 2.80. The van der Waals surface area contributed by atoms with E-state index in [1.165, 1.54) is 11.8 Å². The monoisotopic (exact) mass is 250 g/mol. The molecule has 0 spiro atoms. The summed E-state index contributed by atoms with van der Waals surface area (Å²) in [7, 11) is 0. The summed E-state index contributed by atoms with van der Waals surface area (Å²) in [5.74, 6) is 1.13. The first-order chi connectivity index (χ1) is 8.33. The summed E-state index contributed by atoms with van der Waals surface area (Å²) >= 11 is 1.49. The Morgan fingerprint density at radius 1 is 1.41 bits per heavy atom. The standard InChI is InChI=1S/C13H14O3S/c1-2-15-13(14)12-11(16-8-9-17-12)10-6-4-3-5-7-10/h3-7H,2,8-9H2,1H3. The van der Waals surface area contributed by atoms with Gasteiger partial charge >= 0.3 is 5.97 Å². The molecular weight excluding hydrogens is 236 g/mol. The first-order valence-electron chi connectivity index (χ1n) is 5.55. The van der Waals surface area contributed by atoms with Crippen molar-refractivity contribution in [2.75, 3.05) is 19.0 Å². The Balaban J connectivity index is 2.35. The van der Waals surface area contributed by atoms with Crippen molar-refractivity contribution in [1.82, 2.24) is 0 Å². The van der Waals surface area contributed by atoms with Gasteiger partial charge in [-0.15, -0.1) is 11.8 Å². The Morgan fingerprint density at radius 3 is 2.88 bits per heavy atom. The van der Waals surface area contributed by atoms with Gasteiger partial charge < -0.3 is 9.47 Å². The average molecular weight is 250 g/mol. The second-order valence-electron chi connectivity index (χ2n) is 3.44. The number of carbonyl (C=O) groups excluding carboxylic acids is 1. The third-order valence-corrected chi connectivity index (χ3v) is 3.29. The maximum Gasteiger partial charge on any atom is 0.348 e. The van der Waals surface area contributed by atoms with E-state index >= 15 is 0 Å². The molecule has 0 N–H and O–H groups in total. The molecule has 1 aromatic carbocycles. The molecule has 0 fully saturated rings. The SMILES string of the molecule is CCOC(=O)C1=C(c2ccccc2)OCCS1. The minimum Gasteiger partial charge on any atom is -0.491 e. The topological polar surface area (TPSA) is 35.5 Å². The van der Waals surface area contributed by atoms with Gasteiger partial charge in [0.25, 0.3) is 0 Å². The molecule has 90 valence electrons. The summed E-state index contributed by atoms with van der Waals surface area (Å²) in [6, 6.07) is 9.65. The number of carbonyl (C=O) groups is 1. The van der Waals surface area contributed by atoms with Gasteiger partial charge in [0.05, 0.1) is 13.2 Å². The van der Waals surface area contributed by atoms with Gasteiger partial charge in [-0.1, -0.05) is 30.3 Å². The summed E-state index contributed by atoms with van der Waals surface area (Å²) in [5, 5.41) is 0. The number of benzene rings is 1. The fourth-order valence-electron chi connectivity index (χ4n) is 1.57. The fraction of sp³-hybridized carbons (Fsp3) is 0.308. The minimum atomic E-state index is -0.295. The zero-order valence-electron chi connectivity index (χ0n) is 9.64. The van der Waals surface area contributed by atoms with Crippen molar-refractivity contribution in [1.29, 1.82) is 0 Å². The van der Waals surface area contributed by atoms with Crippen LogP contribution < -0.4 is 0 Å². The van der Waals surface area contributed by atoms with Crippen LogP contribution in [0.3, 0.4) is 0 Å².